The van der Waals surface area contributed by atoms with Crippen molar-refractivity contribution in [1.82, 2.24) is 24.4 Å². The zero-order valence-corrected chi connectivity index (χ0v) is 14.4. The summed E-state index contributed by atoms with van der Waals surface area (Å²) in [5.41, 5.74) is 2.15. The normalized spacial score (nSPS) is 18.1. The lowest BCUT2D eigenvalue weighted by Crippen LogP contribution is -2.37. The summed E-state index contributed by atoms with van der Waals surface area (Å²) in [6.07, 6.45) is 1.26. The molecule has 0 saturated carbocycles. The van der Waals surface area contributed by atoms with Crippen molar-refractivity contribution in [3.8, 4) is 0 Å². The maximum atomic E-state index is 11.1. The van der Waals surface area contributed by atoms with E-state index in [2.05, 4.69) is 14.9 Å². The van der Waals surface area contributed by atoms with Crippen LogP contribution in [0.5, 0.6) is 0 Å². The largest absolute Gasteiger partial charge is 0.465 e. The van der Waals surface area contributed by atoms with Gasteiger partial charge >= 0.3 is 6.09 Å². The summed E-state index contributed by atoms with van der Waals surface area (Å²) in [7, 11) is 1.85. The molecule has 2 aliphatic heterocycles. The van der Waals surface area contributed by atoms with Crippen LogP contribution < -0.4 is 4.90 Å². The number of morpholine rings is 1. The number of imidazole rings is 1. The highest BCUT2D eigenvalue weighted by Gasteiger charge is 2.25. The third-order valence-electron chi connectivity index (χ3n) is 4.45. The Kier molecular flexibility index (Phi) is 3.97. The summed E-state index contributed by atoms with van der Waals surface area (Å²) < 4.78 is 7.23. The van der Waals surface area contributed by atoms with E-state index in [1.807, 2.05) is 11.6 Å². The van der Waals surface area contributed by atoms with E-state index in [-0.39, 0.29) is 5.28 Å². The highest BCUT2D eigenvalue weighted by Crippen LogP contribution is 2.31. The van der Waals surface area contributed by atoms with Crippen molar-refractivity contribution in [2.24, 2.45) is 7.05 Å². The molecule has 4 rings (SSSR count). The third-order valence-corrected chi connectivity index (χ3v) is 4.62. The van der Waals surface area contributed by atoms with Crippen molar-refractivity contribution < 1.29 is 14.6 Å². The number of ether oxygens (including phenoxy) is 1. The Hall–Kier alpha value is -2.39. The van der Waals surface area contributed by atoms with Crippen molar-refractivity contribution in [3.63, 3.8) is 0 Å². The van der Waals surface area contributed by atoms with E-state index >= 15 is 0 Å². The maximum Gasteiger partial charge on any atom is 0.411 e. The smallest absolute Gasteiger partial charge is 0.411 e. The monoisotopic (exact) mass is 364 g/mol. The molecule has 0 spiro atoms. The van der Waals surface area contributed by atoms with Gasteiger partial charge in [0.2, 0.25) is 5.28 Å². The lowest BCUT2D eigenvalue weighted by molar-refractivity contribution is 0.122. The van der Waals surface area contributed by atoms with E-state index in [0.29, 0.717) is 62.1 Å². The first-order chi connectivity index (χ1) is 12.0. The predicted molar refractivity (Wildman–Crippen MR) is 91.7 cm³/mol. The number of rotatable bonds is 2. The lowest BCUT2D eigenvalue weighted by Gasteiger charge is -2.27. The van der Waals surface area contributed by atoms with Gasteiger partial charge in [-0.2, -0.15) is 9.97 Å². The Bertz CT molecular complexity index is 874. The van der Waals surface area contributed by atoms with Gasteiger partial charge in [0, 0.05) is 38.5 Å². The molecule has 0 atom stereocenters. The Morgan fingerprint density at radius 1 is 1.24 bits per heavy atom. The Morgan fingerprint density at radius 3 is 2.68 bits per heavy atom. The van der Waals surface area contributed by atoms with Gasteiger partial charge in [-0.15, -0.1) is 0 Å². The quantitative estimate of drug-likeness (QED) is 0.808. The highest BCUT2D eigenvalue weighted by molar-refractivity contribution is 6.28. The third kappa shape index (κ3) is 2.79. The first kappa shape index (κ1) is 16.1. The minimum Gasteiger partial charge on any atom is -0.465 e. The van der Waals surface area contributed by atoms with Crippen LogP contribution in [0.15, 0.2) is 6.20 Å². The van der Waals surface area contributed by atoms with Crippen LogP contribution in [0.25, 0.3) is 16.7 Å². The SMILES string of the molecule is Cn1c(C2=CN(C(=O)O)CC2)nc2c(N3CCOCC3)nc(Cl)nc21. The molecule has 0 aliphatic carbocycles. The molecule has 10 heteroatoms. The van der Waals surface area contributed by atoms with Crippen molar-refractivity contribution in [1.29, 1.82) is 0 Å². The molecule has 25 heavy (non-hydrogen) atoms. The number of hydrogen-bond donors (Lipinski definition) is 1. The molecule has 1 amide bonds. The molecule has 0 unspecified atom stereocenters. The first-order valence-electron chi connectivity index (χ1n) is 7.98. The number of nitrogens with zero attached hydrogens (tertiary/aromatic N) is 6. The molecule has 4 heterocycles. The van der Waals surface area contributed by atoms with Crippen LogP contribution in [0, 0.1) is 0 Å². The number of aryl methyl sites for hydroxylation is 1. The van der Waals surface area contributed by atoms with E-state index < -0.39 is 6.09 Å². The van der Waals surface area contributed by atoms with Gasteiger partial charge in [-0.25, -0.2) is 9.78 Å². The lowest BCUT2D eigenvalue weighted by atomic mass is 10.2. The second-order valence-electron chi connectivity index (χ2n) is 5.96. The summed E-state index contributed by atoms with van der Waals surface area (Å²) in [4.78, 5) is 27.9. The predicted octanol–water partition coefficient (Wildman–Crippen LogP) is 1.58. The van der Waals surface area contributed by atoms with Gasteiger partial charge < -0.3 is 19.3 Å². The standard InChI is InChI=1S/C15H17ClN6O3/c1-20-11(9-2-3-22(8-9)15(23)24)17-10-12(20)18-14(16)19-13(10)21-4-6-25-7-5-21/h8H,2-7H2,1H3,(H,23,24). The molecule has 0 radical (unpaired) electrons. The number of carbonyl (C=O) groups is 1. The van der Waals surface area contributed by atoms with Gasteiger partial charge in [0.05, 0.1) is 13.2 Å². The van der Waals surface area contributed by atoms with Crippen LogP contribution in [-0.4, -0.2) is 68.5 Å². The van der Waals surface area contributed by atoms with Gasteiger partial charge in [-0.05, 0) is 18.0 Å². The van der Waals surface area contributed by atoms with E-state index in [0.717, 1.165) is 5.57 Å². The minimum atomic E-state index is -0.967. The van der Waals surface area contributed by atoms with E-state index in [4.69, 9.17) is 26.4 Å². The number of hydrogen-bond acceptors (Lipinski definition) is 6. The fourth-order valence-electron chi connectivity index (χ4n) is 3.18. The molecule has 1 saturated heterocycles. The summed E-state index contributed by atoms with van der Waals surface area (Å²) >= 11 is 6.13. The number of anilines is 1. The Balaban J connectivity index is 1.81. The van der Waals surface area contributed by atoms with E-state index in [9.17, 15) is 4.79 Å². The van der Waals surface area contributed by atoms with Crippen LogP contribution in [0.4, 0.5) is 10.6 Å². The van der Waals surface area contributed by atoms with Crippen LogP contribution in [-0.2, 0) is 11.8 Å². The zero-order valence-electron chi connectivity index (χ0n) is 13.6. The summed E-state index contributed by atoms with van der Waals surface area (Å²) in [6.45, 7) is 3.10. The van der Waals surface area contributed by atoms with E-state index in [1.165, 1.54) is 4.90 Å². The molecule has 9 nitrogen and oxygen atoms in total. The molecule has 2 aromatic heterocycles. The second kappa shape index (κ2) is 6.16. The van der Waals surface area contributed by atoms with Gasteiger partial charge in [0.1, 0.15) is 5.82 Å². The topological polar surface area (TPSA) is 96.6 Å². The fourth-order valence-corrected chi connectivity index (χ4v) is 3.34. The molecule has 2 aliphatic rings. The summed E-state index contributed by atoms with van der Waals surface area (Å²) in [5, 5.41) is 9.30. The van der Waals surface area contributed by atoms with Gasteiger partial charge in [0.15, 0.2) is 17.0 Å². The molecule has 1 N–H and O–H groups in total. The minimum absolute atomic E-state index is 0.163. The van der Waals surface area contributed by atoms with Crippen molar-refractivity contribution in [2.45, 2.75) is 6.42 Å². The van der Waals surface area contributed by atoms with Crippen LogP contribution in [0.2, 0.25) is 5.28 Å². The van der Waals surface area contributed by atoms with Gasteiger partial charge in [-0.3, -0.25) is 4.90 Å². The zero-order chi connectivity index (χ0) is 17.6. The number of amides is 1. The van der Waals surface area contributed by atoms with E-state index in [1.54, 1.807) is 6.20 Å². The molecule has 0 aromatic carbocycles. The van der Waals surface area contributed by atoms with Crippen LogP contribution in [0.1, 0.15) is 12.2 Å². The molecule has 2 aromatic rings. The fraction of sp³-hybridized carbons (Fsp3) is 0.467. The average Bonchev–Trinajstić information content (AvgIpc) is 3.21. The molecule has 0 bridgehead atoms. The van der Waals surface area contributed by atoms with Gasteiger partial charge in [-0.1, -0.05) is 0 Å². The second-order valence-corrected chi connectivity index (χ2v) is 6.30. The number of carboxylic acid groups (broad SMARTS) is 1. The number of halogens is 1. The number of fused-ring (bicyclic) bond motifs is 1. The maximum absolute atomic E-state index is 11.1. The van der Waals surface area contributed by atoms with Gasteiger partial charge in [0.25, 0.3) is 0 Å². The Labute approximate surface area is 148 Å². The average molecular weight is 365 g/mol. The van der Waals surface area contributed by atoms with Crippen molar-refractivity contribution in [3.05, 3.63) is 17.3 Å². The molecule has 132 valence electrons. The van der Waals surface area contributed by atoms with Crippen molar-refractivity contribution >= 4 is 40.2 Å². The molecule has 1 fully saturated rings. The molecular formula is C15H17ClN6O3. The number of aromatic nitrogens is 4. The Morgan fingerprint density at radius 2 is 2.00 bits per heavy atom. The summed E-state index contributed by atoms with van der Waals surface area (Å²) in [5.74, 6) is 1.37. The van der Waals surface area contributed by atoms with Crippen molar-refractivity contribution in [2.75, 3.05) is 37.7 Å². The molecular weight excluding hydrogens is 348 g/mol. The summed E-state index contributed by atoms with van der Waals surface area (Å²) in [6, 6.07) is 0. The van der Waals surface area contributed by atoms with Crippen LogP contribution in [0.3, 0.4) is 0 Å². The highest BCUT2D eigenvalue weighted by atomic mass is 35.5. The first-order valence-corrected chi connectivity index (χ1v) is 8.35. The van der Waals surface area contributed by atoms with Crippen LogP contribution >= 0.6 is 11.6 Å².